The van der Waals surface area contributed by atoms with Crippen LogP contribution in [-0.2, 0) is 4.74 Å². The number of anilines is 1. The number of esters is 1. The van der Waals surface area contributed by atoms with Crippen molar-refractivity contribution < 1.29 is 14.3 Å². The highest BCUT2D eigenvalue weighted by atomic mass is 16.5. The van der Waals surface area contributed by atoms with Crippen molar-refractivity contribution in [2.24, 2.45) is 5.73 Å². The van der Waals surface area contributed by atoms with Crippen LogP contribution in [0.3, 0.4) is 0 Å². The number of amidine groups is 1. The summed E-state index contributed by atoms with van der Waals surface area (Å²) in [5, 5.41) is 15.7. The number of ether oxygens (including phenoxy) is 1. The van der Waals surface area contributed by atoms with Crippen molar-refractivity contribution in [3.05, 3.63) is 83.6 Å². The van der Waals surface area contributed by atoms with Gasteiger partial charge >= 0.3 is 5.97 Å². The molecule has 0 fully saturated rings. The molecule has 0 saturated carbocycles. The van der Waals surface area contributed by atoms with Gasteiger partial charge in [0.25, 0.3) is 5.91 Å². The number of fused-ring (bicyclic) bond motifs is 1. The number of amides is 1. The zero-order valence-corrected chi connectivity index (χ0v) is 19.1. The first-order valence-electron chi connectivity index (χ1n) is 10.8. The van der Waals surface area contributed by atoms with Crippen LogP contribution in [0, 0.1) is 5.41 Å². The van der Waals surface area contributed by atoms with Crippen LogP contribution >= 0.6 is 0 Å². The average molecular weight is 456 g/mol. The second-order valence-electron chi connectivity index (χ2n) is 8.10. The van der Waals surface area contributed by atoms with Crippen LogP contribution in [-0.4, -0.2) is 34.6 Å². The average Bonchev–Trinajstić information content (AvgIpc) is 3.23. The Labute approximate surface area is 196 Å². The van der Waals surface area contributed by atoms with Crippen molar-refractivity contribution >= 4 is 34.3 Å². The third kappa shape index (κ3) is 4.25. The molecular formula is C26H25N5O3. The standard InChI is InChI=1S/C26H25N5O3/c1-15(2)31-22-13-12-18(16-8-10-17(11-9-16)24(27)28)14-20(22)23(30-31)25(32)29-21-7-5-4-6-19(21)26(33)34-3/h4-15H,1-3H3,(H3,27,28)(H,29,32). The monoisotopic (exact) mass is 455 g/mol. The molecule has 8 nitrogen and oxygen atoms in total. The smallest absolute Gasteiger partial charge is 0.339 e. The quantitative estimate of drug-likeness (QED) is 0.223. The summed E-state index contributed by atoms with van der Waals surface area (Å²) in [6.45, 7) is 3.99. The molecule has 0 saturated heterocycles. The first kappa shape index (κ1) is 22.7. The summed E-state index contributed by atoms with van der Waals surface area (Å²) in [4.78, 5) is 25.4. The van der Waals surface area contributed by atoms with Crippen molar-refractivity contribution in [3.8, 4) is 11.1 Å². The Morgan fingerprint density at radius 2 is 1.71 bits per heavy atom. The van der Waals surface area contributed by atoms with Crippen molar-refractivity contribution in [1.82, 2.24) is 9.78 Å². The third-order valence-electron chi connectivity index (χ3n) is 5.52. The number of nitrogens with two attached hydrogens (primary N) is 1. The summed E-state index contributed by atoms with van der Waals surface area (Å²) < 4.78 is 6.63. The highest BCUT2D eigenvalue weighted by Gasteiger charge is 2.21. The molecule has 0 aliphatic heterocycles. The van der Waals surface area contributed by atoms with Crippen LogP contribution in [0.25, 0.3) is 22.0 Å². The van der Waals surface area contributed by atoms with E-state index in [4.69, 9.17) is 15.9 Å². The van der Waals surface area contributed by atoms with E-state index in [2.05, 4.69) is 10.4 Å². The van der Waals surface area contributed by atoms with E-state index < -0.39 is 11.9 Å². The van der Waals surface area contributed by atoms with Gasteiger partial charge in [-0.1, -0.05) is 42.5 Å². The van der Waals surface area contributed by atoms with Crippen LogP contribution < -0.4 is 11.1 Å². The Morgan fingerprint density at radius 1 is 1.03 bits per heavy atom. The lowest BCUT2D eigenvalue weighted by Gasteiger charge is -2.09. The number of nitrogen functional groups attached to an aromatic ring is 1. The van der Waals surface area contributed by atoms with E-state index in [1.54, 1.807) is 41.1 Å². The number of benzene rings is 3. The molecular weight excluding hydrogens is 430 g/mol. The molecule has 34 heavy (non-hydrogen) atoms. The van der Waals surface area contributed by atoms with E-state index in [1.807, 2.05) is 44.2 Å². The number of methoxy groups -OCH3 is 1. The van der Waals surface area contributed by atoms with E-state index in [9.17, 15) is 9.59 Å². The molecule has 0 atom stereocenters. The maximum atomic E-state index is 13.3. The van der Waals surface area contributed by atoms with Gasteiger partial charge in [0, 0.05) is 17.0 Å². The zero-order chi connectivity index (χ0) is 24.4. The number of rotatable bonds is 6. The van der Waals surface area contributed by atoms with Crippen LogP contribution in [0.15, 0.2) is 66.7 Å². The second kappa shape index (κ2) is 9.19. The number of hydrogen-bond donors (Lipinski definition) is 3. The van der Waals surface area contributed by atoms with Crippen LogP contribution in [0.1, 0.15) is 46.3 Å². The topological polar surface area (TPSA) is 123 Å². The summed E-state index contributed by atoms with van der Waals surface area (Å²) in [6, 6.07) is 19.9. The van der Waals surface area contributed by atoms with E-state index in [1.165, 1.54) is 7.11 Å². The summed E-state index contributed by atoms with van der Waals surface area (Å²) in [5.74, 6) is -0.957. The maximum Gasteiger partial charge on any atom is 0.339 e. The summed E-state index contributed by atoms with van der Waals surface area (Å²) in [5.41, 5.74) is 9.71. The van der Waals surface area contributed by atoms with Gasteiger partial charge in [-0.05, 0) is 49.2 Å². The number of para-hydroxylation sites is 1. The SMILES string of the molecule is COC(=O)c1ccccc1NC(=O)c1nn(C(C)C)c2ccc(-c3ccc(C(=N)N)cc3)cc12. The summed E-state index contributed by atoms with van der Waals surface area (Å²) in [7, 11) is 1.29. The normalized spacial score (nSPS) is 10.9. The zero-order valence-electron chi connectivity index (χ0n) is 19.1. The van der Waals surface area contributed by atoms with Crippen LogP contribution in [0.4, 0.5) is 5.69 Å². The largest absolute Gasteiger partial charge is 0.465 e. The van der Waals surface area contributed by atoms with Gasteiger partial charge < -0.3 is 15.8 Å². The van der Waals surface area contributed by atoms with Crippen molar-refractivity contribution in [2.75, 3.05) is 12.4 Å². The number of carbonyl (C=O) groups is 2. The Hall–Kier alpha value is -4.46. The molecule has 4 rings (SSSR count). The van der Waals surface area contributed by atoms with Gasteiger partial charge in [-0.3, -0.25) is 14.9 Å². The minimum Gasteiger partial charge on any atom is -0.465 e. The number of nitrogens with zero attached hydrogens (tertiary/aromatic N) is 2. The third-order valence-corrected chi connectivity index (χ3v) is 5.52. The molecule has 0 spiro atoms. The molecule has 0 bridgehead atoms. The Morgan fingerprint density at radius 3 is 2.35 bits per heavy atom. The number of hydrogen-bond acceptors (Lipinski definition) is 5. The number of nitrogens with one attached hydrogen (secondary N) is 2. The fourth-order valence-electron chi connectivity index (χ4n) is 3.79. The van der Waals surface area contributed by atoms with E-state index in [-0.39, 0.29) is 23.1 Å². The first-order valence-corrected chi connectivity index (χ1v) is 10.8. The lowest BCUT2D eigenvalue weighted by atomic mass is 10.0. The lowest BCUT2D eigenvalue weighted by Crippen LogP contribution is -2.16. The van der Waals surface area contributed by atoms with E-state index >= 15 is 0 Å². The minimum absolute atomic E-state index is 0.00593. The molecule has 172 valence electrons. The molecule has 0 aliphatic carbocycles. The van der Waals surface area contributed by atoms with Gasteiger partial charge in [0.05, 0.1) is 23.9 Å². The number of carbonyl (C=O) groups excluding carboxylic acids is 2. The Bertz CT molecular complexity index is 1400. The van der Waals surface area contributed by atoms with Gasteiger partial charge in [-0.15, -0.1) is 0 Å². The first-order chi connectivity index (χ1) is 16.3. The molecule has 8 heteroatoms. The molecule has 1 heterocycles. The molecule has 1 amide bonds. The molecule has 1 aromatic heterocycles. The molecule has 0 unspecified atom stereocenters. The Balaban J connectivity index is 1.78. The fourth-order valence-corrected chi connectivity index (χ4v) is 3.79. The highest BCUT2D eigenvalue weighted by molar-refractivity contribution is 6.13. The summed E-state index contributed by atoms with van der Waals surface area (Å²) >= 11 is 0. The molecule has 0 aliphatic rings. The van der Waals surface area contributed by atoms with E-state index in [0.29, 0.717) is 16.6 Å². The van der Waals surface area contributed by atoms with E-state index in [0.717, 1.165) is 16.6 Å². The molecule has 4 aromatic rings. The van der Waals surface area contributed by atoms with Crippen molar-refractivity contribution in [2.45, 2.75) is 19.9 Å². The van der Waals surface area contributed by atoms with Crippen LogP contribution in [0.5, 0.6) is 0 Å². The maximum absolute atomic E-state index is 13.3. The van der Waals surface area contributed by atoms with Gasteiger partial charge in [0.15, 0.2) is 5.69 Å². The van der Waals surface area contributed by atoms with Gasteiger partial charge in [-0.25, -0.2) is 4.79 Å². The van der Waals surface area contributed by atoms with Crippen LogP contribution in [0.2, 0.25) is 0 Å². The summed E-state index contributed by atoms with van der Waals surface area (Å²) in [6.07, 6.45) is 0. The molecule has 4 N–H and O–H groups in total. The highest BCUT2D eigenvalue weighted by Crippen LogP contribution is 2.29. The van der Waals surface area contributed by atoms with Gasteiger partial charge in [-0.2, -0.15) is 5.10 Å². The second-order valence-corrected chi connectivity index (χ2v) is 8.10. The van der Waals surface area contributed by atoms with Crippen molar-refractivity contribution in [1.29, 1.82) is 5.41 Å². The fraction of sp³-hybridized carbons (Fsp3) is 0.154. The molecule has 3 aromatic carbocycles. The minimum atomic E-state index is -0.537. The predicted octanol–water partition coefficient (Wildman–Crippen LogP) is 4.61. The van der Waals surface area contributed by atoms with Gasteiger partial charge in [0.1, 0.15) is 5.84 Å². The Kier molecular flexibility index (Phi) is 6.14. The van der Waals surface area contributed by atoms with Crippen molar-refractivity contribution in [3.63, 3.8) is 0 Å². The van der Waals surface area contributed by atoms with Gasteiger partial charge in [0.2, 0.25) is 0 Å². The lowest BCUT2D eigenvalue weighted by molar-refractivity contribution is 0.0602. The number of aromatic nitrogens is 2. The predicted molar refractivity (Wildman–Crippen MR) is 132 cm³/mol. The molecule has 0 radical (unpaired) electrons.